The number of benzene rings is 1. The molecule has 1 aromatic heterocycles. The predicted octanol–water partition coefficient (Wildman–Crippen LogP) is 4.09. The summed E-state index contributed by atoms with van der Waals surface area (Å²) in [7, 11) is 0. The first-order valence-electron chi connectivity index (χ1n) is 3.25. The van der Waals surface area contributed by atoms with Crippen LogP contribution in [-0.2, 0) is 0 Å². The highest BCUT2D eigenvalue weighted by Gasteiger charge is 2.10. The first kappa shape index (κ1) is 8.53. The molecular formula is C8H4BrFS2. The Bertz CT molecular complexity index is 436. The number of hydrogen-bond acceptors (Lipinski definition) is 2. The van der Waals surface area contributed by atoms with Crippen molar-refractivity contribution in [2.75, 3.05) is 0 Å². The Morgan fingerprint density at radius 3 is 2.83 bits per heavy atom. The van der Waals surface area contributed by atoms with E-state index in [9.17, 15) is 4.39 Å². The molecule has 0 bridgehead atoms. The highest BCUT2D eigenvalue weighted by molar-refractivity contribution is 9.11. The number of rotatable bonds is 0. The summed E-state index contributed by atoms with van der Waals surface area (Å²) in [6.07, 6.45) is 0. The SMILES string of the molecule is Fc1c(Br)sc2cccc(S)c12. The number of thiophene rings is 1. The molecule has 0 saturated carbocycles. The van der Waals surface area contributed by atoms with Crippen LogP contribution in [0.5, 0.6) is 0 Å². The third-order valence-electron chi connectivity index (χ3n) is 1.60. The second-order valence-electron chi connectivity index (χ2n) is 2.34. The fourth-order valence-electron chi connectivity index (χ4n) is 1.06. The van der Waals surface area contributed by atoms with Gasteiger partial charge in [0, 0.05) is 15.0 Å². The molecule has 0 N–H and O–H groups in total. The molecule has 0 aliphatic rings. The average Bonchev–Trinajstić information content (AvgIpc) is 2.29. The van der Waals surface area contributed by atoms with Crippen molar-refractivity contribution in [3.8, 4) is 0 Å². The van der Waals surface area contributed by atoms with Crippen molar-refractivity contribution in [2.24, 2.45) is 0 Å². The molecule has 1 heterocycles. The van der Waals surface area contributed by atoms with Gasteiger partial charge in [0.25, 0.3) is 0 Å². The lowest BCUT2D eigenvalue weighted by Gasteiger charge is -1.92. The Morgan fingerprint density at radius 2 is 2.17 bits per heavy atom. The minimum absolute atomic E-state index is 0.208. The second-order valence-corrected chi connectivity index (χ2v) is 5.19. The molecule has 0 aliphatic carbocycles. The molecule has 0 nitrogen and oxygen atoms in total. The smallest absolute Gasteiger partial charge is 0.157 e. The summed E-state index contributed by atoms with van der Waals surface area (Å²) in [4.78, 5) is 0.687. The zero-order chi connectivity index (χ0) is 8.72. The van der Waals surface area contributed by atoms with E-state index in [4.69, 9.17) is 0 Å². The van der Waals surface area contributed by atoms with E-state index in [-0.39, 0.29) is 5.82 Å². The number of fused-ring (bicyclic) bond motifs is 1. The molecule has 2 rings (SSSR count). The van der Waals surface area contributed by atoms with Gasteiger partial charge in [-0.25, -0.2) is 4.39 Å². The van der Waals surface area contributed by atoms with E-state index in [2.05, 4.69) is 28.6 Å². The lowest BCUT2D eigenvalue weighted by Crippen LogP contribution is -1.71. The molecule has 0 saturated heterocycles. The molecule has 0 aliphatic heterocycles. The van der Waals surface area contributed by atoms with Gasteiger partial charge in [-0.05, 0) is 28.1 Å². The van der Waals surface area contributed by atoms with Gasteiger partial charge in [0.1, 0.15) is 3.79 Å². The van der Waals surface area contributed by atoms with Crippen LogP contribution in [0.15, 0.2) is 26.9 Å². The van der Waals surface area contributed by atoms with Crippen molar-refractivity contribution < 1.29 is 4.39 Å². The van der Waals surface area contributed by atoms with Gasteiger partial charge in [0.2, 0.25) is 0 Å². The molecular weight excluding hydrogens is 259 g/mol. The average molecular weight is 263 g/mol. The lowest BCUT2D eigenvalue weighted by molar-refractivity contribution is 0.637. The minimum Gasteiger partial charge on any atom is -0.204 e. The summed E-state index contributed by atoms with van der Waals surface area (Å²) in [5, 5.41) is 0.609. The van der Waals surface area contributed by atoms with Gasteiger partial charge in [-0.1, -0.05) is 6.07 Å². The zero-order valence-corrected chi connectivity index (χ0v) is 9.14. The van der Waals surface area contributed by atoms with Gasteiger partial charge in [0.05, 0.1) is 0 Å². The first-order chi connectivity index (χ1) is 5.70. The van der Waals surface area contributed by atoms with E-state index in [1.165, 1.54) is 11.3 Å². The van der Waals surface area contributed by atoms with Gasteiger partial charge >= 0.3 is 0 Å². The highest BCUT2D eigenvalue weighted by atomic mass is 79.9. The van der Waals surface area contributed by atoms with Crippen LogP contribution in [0, 0.1) is 5.82 Å². The van der Waals surface area contributed by atoms with Gasteiger partial charge in [-0.2, -0.15) is 0 Å². The lowest BCUT2D eigenvalue weighted by atomic mass is 10.2. The fourth-order valence-corrected chi connectivity index (χ4v) is 3.00. The van der Waals surface area contributed by atoms with Crippen LogP contribution in [0.1, 0.15) is 0 Å². The molecule has 62 valence electrons. The van der Waals surface area contributed by atoms with Crippen LogP contribution in [0.4, 0.5) is 4.39 Å². The Balaban J connectivity index is 2.97. The summed E-state index contributed by atoms with van der Waals surface area (Å²) in [6.45, 7) is 0. The summed E-state index contributed by atoms with van der Waals surface area (Å²) in [5.74, 6) is -0.208. The predicted molar refractivity (Wildman–Crippen MR) is 56.7 cm³/mol. The van der Waals surface area contributed by atoms with E-state index in [0.717, 1.165) is 4.70 Å². The van der Waals surface area contributed by atoms with Crippen molar-refractivity contribution in [3.05, 3.63) is 27.8 Å². The quantitative estimate of drug-likeness (QED) is 0.680. The van der Waals surface area contributed by atoms with Crippen LogP contribution in [0.3, 0.4) is 0 Å². The summed E-state index contributed by atoms with van der Waals surface area (Å²) in [5.41, 5.74) is 0. The minimum atomic E-state index is -0.208. The van der Waals surface area contributed by atoms with Crippen LogP contribution < -0.4 is 0 Å². The van der Waals surface area contributed by atoms with E-state index >= 15 is 0 Å². The summed E-state index contributed by atoms with van der Waals surface area (Å²) >= 11 is 8.72. The maximum absolute atomic E-state index is 13.3. The van der Waals surface area contributed by atoms with Gasteiger partial charge < -0.3 is 0 Å². The molecule has 0 spiro atoms. The zero-order valence-electron chi connectivity index (χ0n) is 5.84. The standard InChI is InChI=1S/C8H4BrFS2/c9-8-7(10)6-4(11)2-1-3-5(6)12-8/h1-3,11H. The van der Waals surface area contributed by atoms with Crippen LogP contribution in [-0.4, -0.2) is 0 Å². The molecule has 2 aromatic rings. The van der Waals surface area contributed by atoms with Gasteiger partial charge in [0.15, 0.2) is 5.82 Å². The van der Waals surface area contributed by atoms with Crippen LogP contribution in [0.2, 0.25) is 0 Å². The van der Waals surface area contributed by atoms with Gasteiger partial charge in [-0.3, -0.25) is 0 Å². The molecule has 4 heteroatoms. The first-order valence-corrected chi connectivity index (χ1v) is 5.31. The normalized spacial score (nSPS) is 10.9. The van der Waals surface area contributed by atoms with Crippen molar-refractivity contribution in [3.63, 3.8) is 0 Å². The maximum Gasteiger partial charge on any atom is 0.157 e. The molecule has 0 unspecified atom stereocenters. The number of hydrogen-bond donors (Lipinski definition) is 1. The molecule has 0 fully saturated rings. The molecule has 1 aromatic carbocycles. The van der Waals surface area contributed by atoms with Crippen molar-refractivity contribution in [1.82, 2.24) is 0 Å². The fraction of sp³-hybridized carbons (Fsp3) is 0. The molecule has 12 heavy (non-hydrogen) atoms. The van der Waals surface area contributed by atoms with Crippen molar-refractivity contribution in [2.45, 2.75) is 4.90 Å². The van der Waals surface area contributed by atoms with E-state index in [0.29, 0.717) is 14.1 Å². The third-order valence-corrected chi connectivity index (χ3v) is 3.72. The largest absolute Gasteiger partial charge is 0.204 e. The number of halogens is 2. The topological polar surface area (TPSA) is 0 Å². The van der Waals surface area contributed by atoms with Gasteiger partial charge in [-0.15, -0.1) is 24.0 Å². The van der Waals surface area contributed by atoms with Crippen molar-refractivity contribution >= 4 is 50.0 Å². The summed E-state index contributed by atoms with van der Waals surface area (Å²) < 4.78 is 14.8. The maximum atomic E-state index is 13.3. The van der Waals surface area contributed by atoms with Crippen molar-refractivity contribution in [1.29, 1.82) is 0 Å². The second kappa shape index (κ2) is 3.01. The van der Waals surface area contributed by atoms with E-state index < -0.39 is 0 Å². The highest BCUT2D eigenvalue weighted by Crippen LogP contribution is 2.36. The summed E-state index contributed by atoms with van der Waals surface area (Å²) in [6, 6.07) is 5.54. The molecule has 0 amide bonds. The van der Waals surface area contributed by atoms with Crippen LogP contribution in [0.25, 0.3) is 10.1 Å². The monoisotopic (exact) mass is 262 g/mol. The Kier molecular flexibility index (Phi) is 2.14. The van der Waals surface area contributed by atoms with Crippen LogP contribution >= 0.6 is 39.9 Å². The van der Waals surface area contributed by atoms with E-state index in [1.54, 1.807) is 6.07 Å². The molecule has 0 atom stereocenters. The Labute approximate surface area is 86.9 Å². The Hall–Kier alpha value is -0.0600. The third kappa shape index (κ3) is 1.18. The van der Waals surface area contributed by atoms with E-state index in [1.807, 2.05) is 12.1 Å². The number of thiol groups is 1. The Morgan fingerprint density at radius 1 is 1.42 bits per heavy atom. The molecule has 0 radical (unpaired) electrons.